The highest BCUT2D eigenvalue weighted by Gasteiger charge is 2.32. The number of hydrogen-bond acceptors (Lipinski definition) is 5. The quantitative estimate of drug-likeness (QED) is 0.625. The fourth-order valence-corrected chi connectivity index (χ4v) is 3.61. The zero-order valence-corrected chi connectivity index (χ0v) is 16.3. The lowest BCUT2D eigenvalue weighted by Crippen LogP contribution is -2.18. The summed E-state index contributed by atoms with van der Waals surface area (Å²) in [4.78, 5) is 30.2. The van der Waals surface area contributed by atoms with E-state index >= 15 is 0 Å². The number of H-pyrrole nitrogens is 1. The van der Waals surface area contributed by atoms with E-state index in [1.54, 1.807) is 14.0 Å². The zero-order valence-electron chi connectivity index (χ0n) is 16.3. The average Bonchev–Trinajstić information content (AvgIpc) is 2.99. The van der Waals surface area contributed by atoms with Crippen molar-refractivity contribution in [2.24, 2.45) is 0 Å². The molecular formula is C21H26N2O4. The number of anilines is 1. The second-order valence-electron chi connectivity index (χ2n) is 7.12. The number of esters is 1. The van der Waals surface area contributed by atoms with Crippen LogP contribution in [-0.2, 0) is 15.9 Å². The third-order valence-corrected chi connectivity index (χ3v) is 5.09. The Balaban J connectivity index is 1.81. The molecule has 144 valence electrons. The van der Waals surface area contributed by atoms with Crippen molar-refractivity contribution < 1.29 is 19.1 Å². The number of benzene rings is 1. The van der Waals surface area contributed by atoms with Crippen molar-refractivity contribution in [1.29, 1.82) is 0 Å². The average molecular weight is 370 g/mol. The van der Waals surface area contributed by atoms with Gasteiger partial charge in [0.1, 0.15) is 12.3 Å². The summed E-state index contributed by atoms with van der Waals surface area (Å²) in [5.41, 5.74) is 4.78. The molecule has 1 heterocycles. The van der Waals surface area contributed by atoms with Gasteiger partial charge in [-0.05, 0) is 42.5 Å². The van der Waals surface area contributed by atoms with Gasteiger partial charge >= 0.3 is 5.97 Å². The van der Waals surface area contributed by atoms with Crippen molar-refractivity contribution in [3.63, 3.8) is 0 Å². The van der Waals surface area contributed by atoms with E-state index in [4.69, 9.17) is 9.47 Å². The molecule has 1 aromatic carbocycles. The first-order valence-electron chi connectivity index (χ1n) is 9.10. The minimum Gasteiger partial charge on any atom is -0.459 e. The monoisotopic (exact) mass is 370 g/mol. The lowest BCUT2D eigenvalue weighted by molar-refractivity contribution is 0.0381. The van der Waals surface area contributed by atoms with Crippen LogP contribution in [0.3, 0.4) is 0 Å². The SMILES string of the molecule is COCCOC(=O)c1[nH]c2c(c1C)C(=O)C[C@@H](c1ccc(N(C)C)cc1)C2. The molecule has 0 spiro atoms. The first-order chi connectivity index (χ1) is 12.9. The number of Topliss-reactive ketones (excluding diaryl/α,β-unsaturated/α-hetero) is 1. The van der Waals surface area contributed by atoms with E-state index in [1.165, 1.54) is 0 Å². The Bertz CT molecular complexity index is 837. The lowest BCUT2D eigenvalue weighted by atomic mass is 9.81. The molecule has 0 bridgehead atoms. The zero-order chi connectivity index (χ0) is 19.6. The molecule has 1 aliphatic carbocycles. The number of aromatic amines is 1. The van der Waals surface area contributed by atoms with Crippen LogP contribution >= 0.6 is 0 Å². The summed E-state index contributed by atoms with van der Waals surface area (Å²) in [6.45, 7) is 2.33. The van der Waals surface area contributed by atoms with Gasteiger partial charge in [-0.2, -0.15) is 0 Å². The van der Waals surface area contributed by atoms with Crippen molar-refractivity contribution in [3.05, 3.63) is 52.3 Å². The molecular weight excluding hydrogens is 344 g/mol. The Kier molecular flexibility index (Phi) is 5.65. The van der Waals surface area contributed by atoms with Gasteiger partial charge in [-0.15, -0.1) is 0 Å². The Morgan fingerprint density at radius 1 is 1.19 bits per heavy atom. The lowest BCUT2D eigenvalue weighted by Gasteiger charge is -2.23. The number of methoxy groups -OCH3 is 1. The standard InChI is InChI=1S/C21H26N2O4/c1-13-19-17(22-20(13)21(25)27-10-9-26-4)11-15(12-18(19)24)14-5-7-16(8-6-14)23(2)3/h5-8,15,22H,9-12H2,1-4H3/t15-/m0/s1. The first-order valence-corrected chi connectivity index (χ1v) is 9.10. The number of carbonyl (C=O) groups is 2. The molecule has 1 aromatic heterocycles. The molecule has 27 heavy (non-hydrogen) atoms. The van der Waals surface area contributed by atoms with Gasteiger partial charge in [0.25, 0.3) is 0 Å². The van der Waals surface area contributed by atoms with E-state index < -0.39 is 5.97 Å². The molecule has 0 fully saturated rings. The number of ketones is 1. The molecule has 6 nitrogen and oxygen atoms in total. The topological polar surface area (TPSA) is 71.6 Å². The summed E-state index contributed by atoms with van der Waals surface area (Å²) < 4.78 is 10.1. The first kappa shape index (κ1) is 19.2. The van der Waals surface area contributed by atoms with Crippen LogP contribution in [0.15, 0.2) is 24.3 Å². The summed E-state index contributed by atoms with van der Waals surface area (Å²) in [6.07, 6.45) is 1.15. The third kappa shape index (κ3) is 3.90. The predicted octanol–water partition coefficient (Wildman–Crippen LogP) is 3.11. The summed E-state index contributed by atoms with van der Waals surface area (Å²) >= 11 is 0. The number of ether oxygens (including phenoxy) is 2. The van der Waals surface area contributed by atoms with Crippen LogP contribution < -0.4 is 4.90 Å². The molecule has 3 rings (SSSR count). The minimum atomic E-state index is -0.446. The third-order valence-electron chi connectivity index (χ3n) is 5.09. The maximum absolute atomic E-state index is 12.8. The smallest absolute Gasteiger partial charge is 0.355 e. The van der Waals surface area contributed by atoms with Crippen molar-refractivity contribution in [2.75, 3.05) is 39.3 Å². The van der Waals surface area contributed by atoms with Crippen LogP contribution in [0.2, 0.25) is 0 Å². The van der Waals surface area contributed by atoms with Crippen molar-refractivity contribution in [3.8, 4) is 0 Å². The summed E-state index contributed by atoms with van der Waals surface area (Å²) in [7, 11) is 5.55. The predicted molar refractivity (Wildman–Crippen MR) is 104 cm³/mol. The molecule has 1 atom stereocenters. The maximum atomic E-state index is 12.8. The Labute approximate surface area is 159 Å². The number of nitrogens with one attached hydrogen (secondary N) is 1. The van der Waals surface area contributed by atoms with E-state index in [1.807, 2.05) is 19.0 Å². The molecule has 0 saturated carbocycles. The highest BCUT2D eigenvalue weighted by molar-refractivity contribution is 6.03. The molecule has 1 aliphatic rings. The number of hydrogen-bond donors (Lipinski definition) is 1. The van der Waals surface area contributed by atoms with Crippen LogP contribution in [-0.4, -0.2) is 51.2 Å². The molecule has 6 heteroatoms. The van der Waals surface area contributed by atoms with Crippen LogP contribution in [0.25, 0.3) is 0 Å². The largest absolute Gasteiger partial charge is 0.459 e. The van der Waals surface area contributed by atoms with Gasteiger partial charge in [-0.25, -0.2) is 4.79 Å². The molecule has 0 saturated heterocycles. The Hall–Kier alpha value is -2.60. The van der Waals surface area contributed by atoms with Crippen LogP contribution in [0.5, 0.6) is 0 Å². The van der Waals surface area contributed by atoms with Crippen LogP contribution in [0.1, 0.15) is 50.0 Å². The van der Waals surface area contributed by atoms with Crippen LogP contribution in [0, 0.1) is 6.92 Å². The molecule has 1 N–H and O–H groups in total. The molecule has 2 aromatic rings. The van der Waals surface area contributed by atoms with E-state index in [0.717, 1.165) is 16.9 Å². The Morgan fingerprint density at radius 2 is 1.89 bits per heavy atom. The number of rotatable bonds is 6. The summed E-state index contributed by atoms with van der Waals surface area (Å²) in [6, 6.07) is 8.28. The number of aromatic nitrogens is 1. The highest BCUT2D eigenvalue weighted by atomic mass is 16.6. The Morgan fingerprint density at radius 3 is 2.52 bits per heavy atom. The van der Waals surface area contributed by atoms with Crippen molar-refractivity contribution in [2.45, 2.75) is 25.7 Å². The summed E-state index contributed by atoms with van der Waals surface area (Å²) in [5.74, 6) is -0.266. The van der Waals surface area contributed by atoms with E-state index in [0.29, 0.717) is 36.3 Å². The second-order valence-corrected chi connectivity index (χ2v) is 7.12. The van der Waals surface area contributed by atoms with Crippen molar-refractivity contribution >= 4 is 17.4 Å². The fourth-order valence-electron chi connectivity index (χ4n) is 3.61. The number of carbonyl (C=O) groups excluding carboxylic acids is 2. The number of nitrogens with zero attached hydrogens (tertiary/aromatic N) is 1. The van der Waals surface area contributed by atoms with Gasteiger partial charge in [0, 0.05) is 44.6 Å². The number of fused-ring (bicyclic) bond motifs is 1. The minimum absolute atomic E-state index is 0.0719. The van der Waals surface area contributed by atoms with Gasteiger partial charge in [0.2, 0.25) is 0 Å². The molecule has 0 aliphatic heterocycles. The maximum Gasteiger partial charge on any atom is 0.355 e. The van der Waals surface area contributed by atoms with Gasteiger partial charge in [-0.1, -0.05) is 12.1 Å². The van der Waals surface area contributed by atoms with E-state index in [-0.39, 0.29) is 18.3 Å². The molecule has 0 amide bonds. The fraction of sp³-hybridized carbons (Fsp3) is 0.429. The van der Waals surface area contributed by atoms with E-state index in [2.05, 4.69) is 29.2 Å². The summed E-state index contributed by atoms with van der Waals surface area (Å²) in [5, 5.41) is 0. The van der Waals surface area contributed by atoms with Gasteiger partial charge in [0.15, 0.2) is 5.78 Å². The molecule has 0 radical (unpaired) electrons. The molecule has 0 unspecified atom stereocenters. The van der Waals surface area contributed by atoms with Crippen molar-refractivity contribution in [1.82, 2.24) is 4.98 Å². The van der Waals surface area contributed by atoms with Gasteiger partial charge in [0.05, 0.1) is 6.61 Å². The normalized spacial score (nSPS) is 16.1. The van der Waals surface area contributed by atoms with Gasteiger partial charge in [-0.3, -0.25) is 4.79 Å². The second kappa shape index (κ2) is 7.96. The van der Waals surface area contributed by atoms with Gasteiger partial charge < -0.3 is 19.4 Å². The van der Waals surface area contributed by atoms with E-state index in [9.17, 15) is 9.59 Å². The van der Waals surface area contributed by atoms with Crippen LogP contribution in [0.4, 0.5) is 5.69 Å². The highest BCUT2D eigenvalue weighted by Crippen LogP contribution is 2.35.